The smallest absolute Gasteiger partial charge is 0.128 e. The van der Waals surface area contributed by atoms with Crippen LogP contribution in [0.15, 0.2) is 48.5 Å². The SMILES string of the molecule is CCn1c(COc2cccc(Cl)c2)cc2cccc(N)c21. The van der Waals surface area contributed by atoms with Crippen molar-refractivity contribution in [2.24, 2.45) is 0 Å². The first kappa shape index (κ1) is 13.8. The number of rotatable bonds is 4. The molecular formula is C17H17ClN2O. The van der Waals surface area contributed by atoms with E-state index in [4.69, 9.17) is 22.1 Å². The number of nitrogens with two attached hydrogens (primary N) is 1. The molecule has 0 fully saturated rings. The van der Waals surface area contributed by atoms with Crippen molar-refractivity contribution >= 4 is 28.2 Å². The number of anilines is 1. The third-order valence-corrected chi connectivity index (χ3v) is 3.77. The Kier molecular flexibility index (Phi) is 3.76. The number of para-hydroxylation sites is 1. The highest BCUT2D eigenvalue weighted by molar-refractivity contribution is 6.30. The molecule has 108 valence electrons. The first-order valence-corrected chi connectivity index (χ1v) is 7.32. The minimum Gasteiger partial charge on any atom is -0.487 e. The summed E-state index contributed by atoms with van der Waals surface area (Å²) < 4.78 is 8.03. The number of aromatic nitrogens is 1. The van der Waals surface area contributed by atoms with Crippen molar-refractivity contribution in [2.45, 2.75) is 20.1 Å². The number of aryl methyl sites for hydroxylation is 1. The van der Waals surface area contributed by atoms with Gasteiger partial charge in [0.1, 0.15) is 12.4 Å². The molecule has 0 radical (unpaired) electrons. The highest BCUT2D eigenvalue weighted by Crippen LogP contribution is 2.26. The van der Waals surface area contributed by atoms with Crippen molar-refractivity contribution in [1.82, 2.24) is 4.57 Å². The van der Waals surface area contributed by atoms with Gasteiger partial charge in [0.2, 0.25) is 0 Å². The number of halogens is 1. The van der Waals surface area contributed by atoms with Crippen LogP contribution in [-0.4, -0.2) is 4.57 Å². The Hall–Kier alpha value is -2.13. The number of ether oxygens (including phenoxy) is 1. The van der Waals surface area contributed by atoms with Gasteiger partial charge in [0.15, 0.2) is 0 Å². The maximum atomic E-state index is 6.09. The van der Waals surface area contributed by atoms with Gasteiger partial charge in [-0.05, 0) is 37.3 Å². The van der Waals surface area contributed by atoms with E-state index in [0.29, 0.717) is 11.6 Å². The number of benzene rings is 2. The lowest BCUT2D eigenvalue weighted by Gasteiger charge is -2.11. The summed E-state index contributed by atoms with van der Waals surface area (Å²) in [7, 11) is 0. The van der Waals surface area contributed by atoms with E-state index in [9.17, 15) is 0 Å². The molecule has 3 nitrogen and oxygen atoms in total. The van der Waals surface area contributed by atoms with Gasteiger partial charge in [0.05, 0.1) is 16.9 Å². The van der Waals surface area contributed by atoms with Gasteiger partial charge >= 0.3 is 0 Å². The minimum absolute atomic E-state index is 0.488. The molecule has 1 heterocycles. The summed E-state index contributed by atoms with van der Waals surface area (Å²) in [6.07, 6.45) is 0. The van der Waals surface area contributed by atoms with Crippen LogP contribution in [-0.2, 0) is 13.2 Å². The van der Waals surface area contributed by atoms with Crippen molar-refractivity contribution < 1.29 is 4.74 Å². The summed E-state index contributed by atoms with van der Waals surface area (Å²) in [5.41, 5.74) is 9.06. The van der Waals surface area contributed by atoms with Gasteiger partial charge in [-0.25, -0.2) is 0 Å². The Labute approximate surface area is 128 Å². The summed E-state index contributed by atoms with van der Waals surface area (Å²) in [5.74, 6) is 0.767. The highest BCUT2D eigenvalue weighted by Gasteiger charge is 2.10. The van der Waals surface area contributed by atoms with Crippen LogP contribution >= 0.6 is 11.6 Å². The lowest BCUT2D eigenvalue weighted by atomic mass is 10.2. The van der Waals surface area contributed by atoms with E-state index in [1.54, 1.807) is 0 Å². The van der Waals surface area contributed by atoms with Gasteiger partial charge in [-0.15, -0.1) is 0 Å². The molecule has 0 bridgehead atoms. The Balaban J connectivity index is 1.92. The van der Waals surface area contributed by atoms with Crippen LogP contribution in [0.25, 0.3) is 10.9 Å². The topological polar surface area (TPSA) is 40.2 Å². The van der Waals surface area contributed by atoms with E-state index in [-0.39, 0.29) is 0 Å². The van der Waals surface area contributed by atoms with Crippen molar-refractivity contribution in [1.29, 1.82) is 0 Å². The molecule has 0 amide bonds. The Bertz CT molecular complexity index is 780. The molecule has 3 aromatic rings. The summed E-state index contributed by atoms with van der Waals surface area (Å²) in [6.45, 7) is 3.45. The average Bonchev–Trinajstić information content (AvgIpc) is 2.84. The number of fused-ring (bicyclic) bond motifs is 1. The number of hydrogen-bond acceptors (Lipinski definition) is 2. The first-order valence-electron chi connectivity index (χ1n) is 6.94. The average molecular weight is 301 g/mol. The predicted molar refractivity (Wildman–Crippen MR) is 87.8 cm³/mol. The maximum absolute atomic E-state index is 6.09. The van der Waals surface area contributed by atoms with Gasteiger partial charge < -0.3 is 15.0 Å². The summed E-state index contributed by atoms with van der Waals surface area (Å²) in [4.78, 5) is 0. The van der Waals surface area contributed by atoms with Crippen molar-refractivity contribution in [3.8, 4) is 5.75 Å². The van der Waals surface area contributed by atoms with E-state index >= 15 is 0 Å². The lowest BCUT2D eigenvalue weighted by Crippen LogP contribution is -2.05. The zero-order chi connectivity index (χ0) is 14.8. The largest absolute Gasteiger partial charge is 0.487 e. The number of nitrogens with zero attached hydrogens (tertiary/aromatic N) is 1. The molecule has 21 heavy (non-hydrogen) atoms. The van der Waals surface area contributed by atoms with Crippen molar-refractivity contribution in [3.05, 3.63) is 59.2 Å². The van der Waals surface area contributed by atoms with Gasteiger partial charge in [0, 0.05) is 17.0 Å². The van der Waals surface area contributed by atoms with Crippen LogP contribution < -0.4 is 10.5 Å². The fraction of sp³-hybridized carbons (Fsp3) is 0.176. The fourth-order valence-corrected chi connectivity index (χ4v) is 2.78. The van der Waals surface area contributed by atoms with E-state index in [1.165, 1.54) is 0 Å². The third kappa shape index (κ3) is 2.69. The van der Waals surface area contributed by atoms with E-state index in [0.717, 1.165) is 34.6 Å². The van der Waals surface area contributed by atoms with Crippen molar-refractivity contribution in [3.63, 3.8) is 0 Å². The van der Waals surface area contributed by atoms with Gasteiger partial charge in [0.25, 0.3) is 0 Å². The second-order valence-corrected chi connectivity index (χ2v) is 5.35. The van der Waals surface area contributed by atoms with E-state index in [2.05, 4.69) is 23.6 Å². The highest BCUT2D eigenvalue weighted by atomic mass is 35.5. The van der Waals surface area contributed by atoms with E-state index < -0.39 is 0 Å². The Morgan fingerprint density at radius 1 is 1.14 bits per heavy atom. The quantitative estimate of drug-likeness (QED) is 0.722. The van der Waals surface area contributed by atoms with Crippen LogP contribution in [0.5, 0.6) is 5.75 Å². The Morgan fingerprint density at radius 2 is 1.95 bits per heavy atom. The predicted octanol–water partition coefficient (Wildman–Crippen LogP) is 4.48. The fourth-order valence-electron chi connectivity index (χ4n) is 2.60. The molecule has 0 aliphatic heterocycles. The molecule has 0 unspecified atom stereocenters. The molecule has 0 atom stereocenters. The molecule has 2 N–H and O–H groups in total. The molecule has 0 saturated heterocycles. The molecule has 1 aromatic heterocycles. The zero-order valence-corrected chi connectivity index (χ0v) is 12.6. The molecule has 0 aliphatic carbocycles. The van der Waals surface area contributed by atoms with Crippen molar-refractivity contribution in [2.75, 3.05) is 5.73 Å². The van der Waals surface area contributed by atoms with Crippen LogP contribution in [0.3, 0.4) is 0 Å². The molecule has 0 spiro atoms. The number of hydrogen-bond donors (Lipinski definition) is 1. The normalized spacial score (nSPS) is 11.0. The molecule has 0 saturated carbocycles. The molecule has 2 aromatic carbocycles. The van der Waals surface area contributed by atoms with Gasteiger partial charge in [-0.1, -0.05) is 29.8 Å². The summed E-state index contributed by atoms with van der Waals surface area (Å²) >= 11 is 5.97. The van der Waals surface area contributed by atoms with Crippen LogP contribution in [0.1, 0.15) is 12.6 Å². The molecule has 0 aliphatic rings. The van der Waals surface area contributed by atoms with Crippen LogP contribution in [0.2, 0.25) is 5.02 Å². The first-order chi connectivity index (χ1) is 10.2. The minimum atomic E-state index is 0.488. The summed E-state index contributed by atoms with van der Waals surface area (Å²) in [5, 5.41) is 1.81. The van der Waals surface area contributed by atoms with Crippen LogP contribution in [0.4, 0.5) is 5.69 Å². The second-order valence-electron chi connectivity index (χ2n) is 4.91. The van der Waals surface area contributed by atoms with Crippen LogP contribution in [0, 0.1) is 0 Å². The maximum Gasteiger partial charge on any atom is 0.128 e. The Morgan fingerprint density at radius 3 is 2.71 bits per heavy atom. The summed E-state index contributed by atoms with van der Waals surface area (Å²) in [6, 6.07) is 15.5. The molecule has 4 heteroatoms. The molecule has 3 rings (SSSR count). The standard InChI is InChI=1S/C17H17ClN2O/c1-2-20-14(9-12-5-3-8-16(19)17(12)20)11-21-15-7-4-6-13(18)10-15/h3-10H,2,11,19H2,1H3. The second kappa shape index (κ2) is 5.70. The van der Waals surface area contributed by atoms with Gasteiger partial charge in [-0.3, -0.25) is 0 Å². The lowest BCUT2D eigenvalue weighted by molar-refractivity contribution is 0.296. The monoisotopic (exact) mass is 300 g/mol. The zero-order valence-electron chi connectivity index (χ0n) is 11.8. The molecular weight excluding hydrogens is 284 g/mol. The van der Waals surface area contributed by atoms with E-state index in [1.807, 2.05) is 36.4 Å². The van der Waals surface area contributed by atoms with Gasteiger partial charge in [-0.2, -0.15) is 0 Å². The number of nitrogen functional groups attached to an aromatic ring is 1. The third-order valence-electron chi connectivity index (χ3n) is 3.54.